The Morgan fingerprint density at radius 2 is 1.81 bits per heavy atom. The van der Waals surface area contributed by atoms with E-state index in [0.29, 0.717) is 27.3 Å². The Labute approximate surface area is 170 Å². The normalized spacial score (nSPS) is 10.6. The van der Waals surface area contributed by atoms with Crippen molar-refractivity contribution in [3.8, 4) is 0 Å². The molecule has 1 heterocycles. The van der Waals surface area contributed by atoms with E-state index in [0.717, 1.165) is 4.90 Å². The van der Waals surface area contributed by atoms with Crippen LogP contribution < -0.4 is 10.9 Å². The first-order chi connectivity index (χ1) is 13.1. The first-order valence-electron chi connectivity index (χ1n) is 8.05. The van der Waals surface area contributed by atoms with Crippen LogP contribution in [0.25, 0.3) is 0 Å². The van der Waals surface area contributed by atoms with Crippen molar-refractivity contribution in [3.63, 3.8) is 0 Å². The van der Waals surface area contributed by atoms with Crippen molar-refractivity contribution in [1.82, 2.24) is 9.97 Å². The van der Waals surface area contributed by atoms with Crippen molar-refractivity contribution in [2.75, 3.05) is 11.1 Å². The zero-order valence-electron chi connectivity index (χ0n) is 14.1. The first-order valence-corrected chi connectivity index (χ1v) is 10.4. The maximum Gasteiger partial charge on any atom is 0.251 e. The Balaban J connectivity index is 1.56. The van der Waals surface area contributed by atoms with Crippen molar-refractivity contribution in [1.29, 1.82) is 0 Å². The van der Waals surface area contributed by atoms with Gasteiger partial charge in [0.05, 0.1) is 11.4 Å². The fraction of sp³-hybridized carbons (Fsp3) is 0.105. The summed E-state index contributed by atoms with van der Waals surface area (Å²) in [6.07, 6.45) is 0. The summed E-state index contributed by atoms with van der Waals surface area (Å²) >= 11 is 8.61. The number of aromatic nitrogens is 2. The molecule has 0 saturated heterocycles. The number of anilines is 1. The van der Waals surface area contributed by atoms with Crippen LogP contribution in [0.1, 0.15) is 5.69 Å². The second kappa shape index (κ2) is 9.64. The van der Waals surface area contributed by atoms with Gasteiger partial charge in [-0.25, -0.2) is 4.98 Å². The van der Waals surface area contributed by atoms with Crippen molar-refractivity contribution in [3.05, 3.63) is 81.7 Å². The van der Waals surface area contributed by atoms with E-state index in [1.165, 1.54) is 17.8 Å². The molecule has 0 unspecified atom stereocenters. The summed E-state index contributed by atoms with van der Waals surface area (Å²) in [5.74, 6) is 0.535. The molecule has 0 aliphatic carbocycles. The summed E-state index contributed by atoms with van der Waals surface area (Å²) in [7, 11) is 0. The molecule has 0 fully saturated rings. The molecule has 1 amide bonds. The SMILES string of the molecule is O=C(CSc1nc(CSc2ccccc2)cc(=O)[nH]1)Nc1ccc(Cl)cc1. The minimum atomic E-state index is -0.228. The number of thioether (sulfide) groups is 2. The van der Waals surface area contributed by atoms with Gasteiger partial charge in [-0.3, -0.25) is 9.59 Å². The molecule has 0 spiro atoms. The molecule has 0 radical (unpaired) electrons. The van der Waals surface area contributed by atoms with Crippen LogP contribution in [-0.2, 0) is 10.5 Å². The van der Waals surface area contributed by atoms with Gasteiger partial charge in [-0.05, 0) is 36.4 Å². The first kappa shape index (κ1) is 19.5. The van der Waals surface area contributed by atoms with E-state index in [2.05, 4.69) is 15.3 Å². The number of halogens is 1. The number of carbonyl (C=O) groups excluding carboxylic acids is 1. The number of aromatic amines is 1. The van der Waals surface area contributed by atoms with Gasteiger partial charge in [-0.1, -0.05) is 41.6 Å². The van der Waals surface area contributed by atoms with Gasteiger partial charge >= 0.3 is 0 Å². The Hall–Kier alpha value is -2.22. The van der Waals surface area contributed by atoms with Crippen molar-refractivity contribution < 1.29 is 4.79 Å². The number of hydrogen-bond donors (Lipinski definition) is 2. The minimum absolute atomic E-state index is 0.140. The molecule has 8 heteroatoms. The zero-order valence-corrected chi connectivity index (χ0v) is 16.5. The van der Waals surface area contributed by atoms with Crippen molar-refractivity contribution in [2.45, 2.75) is 15.8 Å². The van der Waals surface area contributed by atoms with Crippen LogP contribution in [0.4, 0.5) is 5.69 Å². The predicted molar refractivity (Wildman–Crippen MR) is 112 cm³/mol. The Kier molecular flexibility index (Phi) is 6.98. The van der Waals surface area contributed by atoms with Gasteiger partial charge in [0.25, 0.3) is 5.56 Å². The van der Waals surface area contributed by atoms with E-state index in [1.54, 1.807) is 36.0 Å². The highest BCUT2D eigenvalue weighted by molar-refractivity contribution is 7.99. The minimum Gasteiger partial charge on any atom is -0.325 e. The third-order valence-corrected chi connectivity index (χ3v) is 5.54. The second-order valence-corrected chi connectivity index (χ2v) is 7.94. The van der Waals surface area contributed by atoms with E-state index in [9.17, 15) is 9.59 Å². The highest BCUT2D eigenvalue weighted by atomic mass is 35.5. The van der Waals surface area contributed by atoms with Crippen LogP contribution in [0.5, 0.6) is 0 Å². The molecular weight excluding hydrogens is 402 g/mol. The summed E-state index contributed by atoms with van der Waals surface area (Å²) in [5, 5.41) is 3.81. The van der Waals surface area contributed by atoms with Gasteiger partial charge in [0.15, 0.2) is 5.16 Å². The largest absolute Gasteiger partial charge is 0.325 e. The maximum atomic E-state index is 12.1. The van der Waals surface area contributed by atoms with Crippen LogP contribution in [0.2, 0.25) is 5.02 Å². The molecule has 2 N–H and O–H groups in total. The molecule has 3 aromatic rings. The quantitative estimate of drug-likeness (QED) is 0.439. The monoisotopic (exact) mass is 417 g/mol. The lowest BCUT2D eigenvalue weighted by Gasteiger charge is -2.06. The molecule has 2 aromatic carbocycles. The van der Waals surface area contributed by atoms with E-state index in [-0.39, 0.29) is 17.2 Å². The fourth-order valence-corrected chi connectivity index (χ4v) is 3.80. The topological polar surface area (TPSA) is 74.8 Å². The lowest BCUT2D eigenvalue weighted by molar-refractivity contribution is -0.113. The van der Waals surface area contributed by atoms with Gasteiger partial charge in [0, 0.05) is 27.4 Å². The number of H-pyrrole nitrogens is 1. The van der Waals surface area contributed by atoms with Gasteiger partial charge in [0.1, 0.15) is 0 Å². The molecule has 1 aromatic heterocycles. The average molecular weight is 418 g/mol. The standard InChI is InChI=1S/C19H16ClN3O2S2/c20-13-6-8-14(9-7-13)21-18(25)12-27-19-22-15(10-17(24)23-19)11-26-16-4-2-1-3-5-16/h1-10H,11-12H2,(H,21,25)(H,22,23,24). The van der Waals surface area contributed by atoms with Crippen LogP contribution in [-0.4, -0.2) is 21.6 Å². The fourth-order valence-electron chi connectivity index (χ4n) is 2.16. The van der Waals surface area contributed by atoms with Crippen molar-refractivity contribution >= 4 is 46.7 Å². The lowest BCUT2D eigenvalue weighted by Crippen LogP contribution is -2.15. The number of hydrogen-bond acceptors (Lipinski definition) is 5. The summed E-state index contributed by atoms with van der Waals surface area (Å²) in [4.78, 5) is 32.1. The number of benzene rings is 2. The number of nitrogens with one attached hydrogen (secondary N) is 2. The van der Waals surface area contributed by atoms with Crippen molar-refractivity contribution in [2.24, 2.45) is 0 Å². The van der Waals surface area contributed by atoms with Gasteiger partial charge < -0.3 is 10.3 Å². The predicted octanol–water partition coefficient (Wildman–Crippen LogP) is 4.45. The second-order valence-electron chi connectivity index (χ2n) is 5.49. The van der Waals surface area contributed by atoms with E-state index < -0.39 is 0 Å². The zero-order chi connectivity index (χ0) is 19.1. The molecule has 5 nitrogen and oxygen atoms in total. The molecule has 0 atom stereocenters. The van der Waals surface area contributed by atoms with Crippen LogP contribution >= 0.6 is 35.1 Å². The molecule has 0 aliphatic heterocycles. The molecule has 0 saturated carbocycles. The summed E-state index contributed by atoms with van der Waals surface area (Å²) in [6.45, 7) is 0. The van der Waals surface area contributed by atoms with Gasteiger partial charge in [0.2, 0.25) is 5.91 Å². The number of amides is 1. The average Bonchev–Trinajstić information content (AvgIpc) is 2.67. The number of nitrogens with zero attached hydrogens (tertiary/aromatic N) is 1. The number of rotatable bonds is 7. The third kappa shape index (κ3) is 6.46. The smallest absolute Gasteiger partial charge is 0.251 e. The maximum absolute atomic E-state index is 12.1. The summed E-state index contributed by atoms with van der Waals surface area (Å²) < 4.78 is 0. The van der Waals surface area contributed by atoms with Crippen LogP contribution in [0.3, 0.4) is 0 Å². The van der Waals surface area contributed by atoms with E-state index in [1.807, 2.05) is 30.3 Å². The lowest BCUT2D eigenvalue weighted by atomic mass is 10.3. The molecule has 27 heavy (non-hydrogen) atoms. The molecule has 138 valence electrons. The van der Waals surface area contributed by atoms with Gasteiger partial charge in [-0.2, -0.15) is 0 Å². The van der Waals surface area contributed by atoms with E-state index in [4.69, 9.17) is 11.6 Å². The molecule has 0 aliphatic rings. The van der Waals surface area contributed by atoms with Gasteiger partial charge in [-0.15, -0.1) is 11.8 Å². The van der Waals surface area contributed by atoms with E-state index >= 15 is 0 Å². The molecule has 3 rings (SSSR count). The Morgan fingerprint density at radius 3 is 2.56 bits per heavy atom. The Morgan fingerprint density at radius 1 is 1.07 bits per heavy atom. The summed E-state index contributed by atoms with van der Waals surface area (Å²) in [6, 6.07) is 18.3. The Bertz CT molecular complexity index is 963. The number of carbonyl (C=O) groups is 1. The highest BCUT2D eigenvalue weighted by Crippen LogP contribution is 2.22. The van der Waals surface area contributed by atoms with Crippen LogP contribution in [0.15, 0.2) is 75.5 Å². The third-order valence-electron chi connectivity index (χ3n) is 3.37. The van der Waals surface area contributed by atoms with Crippen LogP contribution in [0, 0.1) is 0 Å². The summed E-state index contributed by atoms with van der Waals surface area (Å²) in [5.41, 5.74) is 1.11. The molecule has 0 bridgehead atoms. The highest BCUT2D eigenvalue weighted by Gasteiger charge is 2.08. The molecular formula is C19H16ClN3O2S2.